The first kappa shape index (κ1) is 18.5. The summed E-state index contributed by atoms with van der Waals surface area (Å²) in [4.78, 5) is 3.44. The highest BCUT2D eigenvalue weighted by atomic mass is 32.2. The summed E-state index contributed by atoms with van der Waals surface area (Å²) in [6.07, 6.45) is 0.852. The standard InChI is InChI=1S/C18H24N2O3S2/c1-2-17-7-8-18(24-17)25(21,22)19-13-15-3-5-16(6-4-15)14-20-9-11-23-12-10-20/h3-8,19H,2,9-14H2,1H3. The Labute approximate surface area is 153 Å². The molecule has 0 spiro atoms. The summed E-state index contributed by atoms with van der Waals surface area (Å²) >= 11 is 1.33. The van der Waals surface area contributed by atoms with Crippen LogP contribution in [-0.2, 0) is 34.3 Å². The van der Waals surface area contributed by atoms with Crippen LogP contribution in [0, 0.1) is 0 Å². The zero-order valence-electron chi connectivity index (χ0n) is 14.4. The van der Waals surface area contributed by atoms with Gasteiger partial charge in [-0.3, -0.25) is 4.90 Å². The number of ether oxygens (including phenoxy) is 1. The number of aryl methyl sites for hydroxylation is 1. The molecule has 5 nitrogen and oxygen atoms in total. The number of nitrogens with zero attached hydrogens (tertiary/aromatic N) is 1. The smallest absolute Gasteiger partial charge is 0.250 e. The van der Waals surface area contributed by atoms with Gasteiger partial charge in [0.25, 0.3) is 0 Å². The Bertz CT molecular complexity index is 779. The van der Waals surface area contributed by atoms with Crippen LogP contribution in [0.25, 0.3) is 0 Å². The predicted molar refractivity (Wildman–Crippen MR) is 100 cm³/mol. The SMILES string of the molecule is CCc1ccc(S(=O)(=O)NCc2ccc(CN3CCOCC3)cc2)s1. The van der Waals surface area contributed by atoms with Crippen LogP contribution in [-0.4, -0.2) is 39.6 Å². The molecule has 7 heteroatoms. The molecule has 0 unspecified atom stereocenters. The molecule has 0 radical (unpaired) electrons. The molecule has 136 valence electrons. The van der Waals surface area contributed by atoms with E-state index in [0.717, 1.165) is 49.7 Å². The molecule has 0 amide bonds. The number of hydrogen-bond acceptors (Lipinski definition) is 5. The van der Waals surface area contributed by atoms with Gasteiger partial charge in [-0.25, -0.2) is 13.1 Å². The number of morpholine rings is 1. The Hall–Kier alpha value is -1.25. The Morgan fingerprint density at radius 2 is 1.76 bits per heavy atom. The van der Waals surface area contributed by atoms with E-state index in [1.165, 1.54) is 16.9 Å². The highest BCUT2D eigenvalue weighted by Gasteiger charge is 2.16. The van der Waals surface area contributed by atoms with Crippen LogP contribution in [0.2, 0.25) is 0 Å². The topological polar surface area (TPSA) is 58.6 Å². The quantitative estimate of drug-likeness (QED) is 0.802. The summed E-state index contributed by atoms with van der Waals surface area (Å²) in [5, 5.41) is 0. The second-order valence-corrected chi connectivity index (χ2v) is 9.27. The highest BCUT2D eigenvalue weighted by molar-refractivity contribution is 7.91. The van der Waals surface area contributed by atoms with Gasteiger partial charge in [0.2, 0.25) is 10.0 Å². The number of nitrogens with one attached hydrogen (secondary N) is 1. The molecule has 2 aromatic rings. The molecule has 1 fully saturated rings. The molecule has 1 N–H and O–H groups in total. The molecule has 1 aliphatic heterocycles. The third-order valence-electron chi connectivity index (χ3n) is 4.25. The summed E-state index contributed by atoms with van der Waals surface area (Å²) in [5.74, 6) is 0. The van der Waals surface area contributed by atoms with Crippen molar-refractivity contribution in [2.75, 3.05) is 26.3 Å². The van der Waals surface area contributed by atoms with Gasteiger partial charge >= 0.3 is 0 Å². The molecule has 1 saturated heterocycles. The molecule has 25 heavy (non-hydrogen) atoms. The Morgan fingerprint density at radius 3 is 2.40 bits per heavy atom. The van der Waals surface area contributed by atoms with Gasteiger partial charge < -0.3 is 4.74 Å². The largest absolute Gasteiger partial charge is 0.379 e. The zero-order valence-corrected chi connectivity index (χ0v) is 16.0. The minimum absolute atomic E-state index is 0.305. The van der Waals surface area contributed by atoms with E-state index in [1.807, 2.05) is 25.1 Å². The lowest BCUT2D eigenvalue weighted by molar-refractivity contribution is 0.0342. The summed E-state index contributed by atoms with van der Waals surface area (Å²) in [6, 6.07) is 11.7. The number of benzene rings is 1. The highest BCUT2D eigenvalue weighted by Crippen LogP contribution is 2.22. The van der Waals surface area contributed by atoms with Gasteiger partial charge in [-0.15, -0.1) is 11.3 Å². The Morgan fingerprint density at radius 1 is 1.08 bits per heavy atom. The van der Waals surface area contributed by atoms with Crippen LogP contribution >= 0.6 is 11.3 Å². The first-order valence-corrected chi connectivity index (χ1v) is 10.8. The molecule has 1 aliphatic rings. The van der Waals surface area contributed by atoms with Crippen molar-refractivity contribution in [3.8, 4) is 0 Å². The second-order valence-electron chi connectivity index (χ2n) is 6.10. The van der Waals surface area contributed by atoms with Crippen molar-refractivity contribution in [2.24, 2.45) is 0 Å². The molecule has 0 aliphatic carbocycles. The maximum absolute atomic E-state index is 12.3. The molecular formula is C18H24N2O3S2. The van der Waals surface area contributed by atoms with Crippen LogP contribution in [0.1, 0.15) is 22.9 Å². The molecule has 1 aromatic carbocycles. The lowest BCUT2D eigenvalue weighted by atomic mass is 10.1. The van der Waals surface area contributed by atoms with Crippen molar-refractivity contribution < 1.29 is 13.2 Å². The van der Waals surface area contributed by atoms with Gasteiger partial charge in [-0.05, 0) is 29.7 Å². The Balaban J connectivity index is 1.55. The van der Waals surface area contributed by atoms with E-state index in [4.69, 9.17) is 4.74 Å². The van der Waals surface area contributed by atoms with Crippen molar-refractivity contribution in [2.45, 2.75) is 30.6 Å². The van der Waals surface area contributed by atoms with Gasteiger partial charge in [0.15, 0.2) is 0 Å². The number of sulfonamides is 1. The lowest BCUT2D eigenvalue weighted by Gasteiger charge is -2.26. The molecule has 3 rings (SSSR count). The van der Waals surface area contributed by atoms with E-state index in [0.29, 0.717) is 10.8 Å². The van der Waals surface area contributed by atoms with Crippen molar-refractivity contribution in [1.29, 1.82) is 0 Å². The van der Waals surface area contributed by atoms with Gasteiger partial charge in [0.05, 0.1) is 13.2 Å². The number of rotatable bonds is 7. The Kier molecular flexibility index (Phi) is 6.24. The monoisotopic (exact) mass is 380 g/mol. The molecule has 2 heterocycles. The fourth-order valence-electron chi connectivity index (χ4n) is 2.72. The van der Waals surface area contributed by atoms with Gasteiger partial charge in [-0.1, -0.05) is 31.2 Å². The van der Waals surface area contributed by atoms with Gasteiger partial charge in [-0.2, -0.15) is 0 Å². The van der Waals surface area contributed by atoms with E-state index in [2.05, 4.69) is 21.8 Å². The van der Waals surface area contributed by atoms with E-state index >= 15 is 0 Å². The number of thiophene rings is 1. The van der Waals surface area contributed by atoms with E-state index in [9.17, 15) is 8.42 Å². The van der Waals surface area contributed by atoms with Crippen LogP contribution in [0.4, 0.5) is 0 Å². The molecule has 0 saturated carbocycles. The third-order valence-corrected chi connectivity index (χ3v) is 7.37. The predicted octanol–water partition coefficient (Wildman–Crippen LogP) is 2.62. The van der Waals surface area contributed by atoms with Gasteiger partial charge in [0, 0.05) is 31.1 Å². The fraction of sp³-hybridized carbons (Fsp3) is 0.444. The maximum atomic E-state index is 12.3. The minimum atomic E-state index is -3.43. The average Bonchev–Trinajstić information content (AvgIpc) is 3.12. The van der Waals surface area contributed by atoms with Crippen LogP contribution in [0.15, 0.2) is 40.6 Å². The molecule has 0 bridgehead atoms. The normalized spacial score (nSPS) is 16.2. The summed E-state index contributed by atoms with van der Waals surface area (Å²) in [6.45, 7) is 6.74. The summed E-state index contributed by atoms with van der Waals surface area (Å²) in [5.41, 5.74) is 2.20. The van der Waals surface area contributed by atoms with Crippen molar-refractivity contribution in [3.63, 3.8) is 0 Å². The first-order valence-electron chi connectivity index (χ1n) is 8.53. The van der Waals surface area contributed by atoms with E-state index in [-0.39, 0.29) is 0 Å². The van der Waals surface area contributed by atoms with Crippen LogP contribution in [0.5, 0.6) is 0 Å². The lowest BCUT2D eigenvalue weighted by Crippen LogP contribution is -2.35. The average molecular weight is 381 g/mol. The van der Waals surface area contributed by atoms with Crippen LogP contribution in [0.3, 0.4) is 0 Å². The minimum Gasteiger partial charge on any atom is -0.379 e. The summed E-state index contributed by atoms with van der Waals surface area (Å²) in [7, 11) is -3.43. The molecule has 1 aromatic heterocycles. The summed E-state index contributed by atoms with van der Waals surface area (Å²) < 4.78 is 33.1. The number of hydrogen-bond donors (Lipinski definition) is 1. The van der Waals surface area contributed by atoms with Crippen molar-refractivity contribution in [3.05, 3.63) is 52.4 Å². The van der Waals surface area contributed by atoms with E-state index < -0.39 is 10.0 Å². The fourth-order valence-corrected chi connectivity index (χ4v) is 5.08. The molecule has 0 atom stereocenters. The molecular weight excluding hydrogens is 356 g/mol. The maximum Gasteiger partial charge on any atom is 0.250 e. The first-order chi connectivity index (χ1) is 12.1. The zero-order chi connectivity index (χ0) is 17.7. The van der Waals surface area contributed by atoms with Crippen molar-refractivity contribution >= 4 is 21.4 Å². The van der Waals surface area contributed by atoms with Crippen molar-refractivity contribution in [1.82, 2.24) is 9.62 Å². The van der Waals surface area contributed by atoms with Gasteiger partial charge in [0.1, 0.15) is 4.21 Å². The third kappa shape index (κ3) is 5.12. The van der Waals surface area contributed by atoms with E-state index in [1.54, 1.807) is 6.07 Å². The van der Waals surface area contributed by atoms with Crippen LogP contribution < -0.4 is 4.72 Å². The second kappa shape index (κ2) is 8.42.